The number of benzene rings is 4. The van der Waals surface area contributed by atoms with Crippen LogP contribution in [0.4, 0.5) is 17.1 Å². The van der Waals surface area contributed by atoms with Crippen molar-refractivity contribution in [2.75, 3.05) is 4.90 Å². The molecule has 0 bridgehead atoms. The van der Waals surface area contributed by atoms with Gasteiger partial charge >= 0.3 is 5.97 Å². The highest BCUT2D eigenvalue weighted by atomic mass is 32.1. The summed E-state index contributed by atoms with van der Waals surface area (Å²) in [6, 6.07) is 43.3. The van der Waals surface area contributed by atoms with Gasteiger partial charge < -0.3 is 10.0 Å². The van der Waals surface area contributed by atoms with Crippen molar-refractivity contribution < 1.29 is 9.90 Å². The smallest absolute Gasteiger partial charge is 0.347 e. The van der Waals surface area contributed by atoms with Crippen molar-refractivity contribution in [3.8, 4) is 6.07 Å². The average Bonchev–Trinajstić information content (AvgIpc) is 3.65. The van der Waals surface area contributed by atoms with E-state index in [0.29, 0.717) is 4.53 Å². The van der Waals surface area contributed by atoms with Crippen molar-refractivity contribution >= 4 is 68.1 Å². The van der Waals surface area contributed by atoms with E-state index in [-0.39, 0.29) is 5.57 Å². The summed E-state index contributed by atoms with van der Waals surface area (Å²) in [7, 11) is 0. The number of nitriles is 1. The van der Waals surface area contributed by atoms with Crippen molar-refractivity contribution in [2.45, 2.75) is 0 Å². The molecule has 2 aromatic heterocycles. The van der Waals surface area contributed by atoms with Gasteiger partial charge in [-0.3, -0.25) is 0 Å². The minimum atomic E-state index is -1.20. The summed E-state index contributed by atoms with van der Waals surface area (Å²) < 4.78 is 3.54. The molecule has 1 N–H and O–H groups in total. The molecular formula is C34H22N2O2S2. The topological polar surface area (TPSA) is 64.3 Å². The first-order valence-corrected chi connectivity index (χ1v) is 14.2. The number of carbonyl (C=O) groups is 1. The Balaban J connectivity index is 1.37. The van der Waals surface area contributed by atoms with Gasteiger partial charge in [-0.25, -0.2) is 4.79 Å². The summed E-state index contributed by atoms with van der Waals surface area (Å²) in [5, 5.41) is 20.8. The summed E-state index contributed by atoms with van der Waals surface area (Å²) >= 11 is 2.95. The number of hydrogen-bond donors (Lipinski definition) is 1. The number of thiophene rings is 2. The Morgan fingerprint density at radius 2 is 1.35 bits per heavy atom. The number of carboxylic acid groups (broad SMARTS) is 1. The van der Waals surface area contributed by atoms with Gasteiger partial charge in [-0.2, -0.15) is 5.26 Å². The summed E-state index contributed by atoms with van der Waals surface area (Å²) in [6.07, 6.45) is 2.14. The third kappa shape index (κ3) is 5.16. The monoisotopic (exact) mass is 554 g/mol. The molecule has 0 saturated carbocycles. The molecule has 0 saturated heterocycles. The van der Waals surface area contributed by atoms with Gasteiger partial charge in [0.15, 0.2) is 5.57 Å². The van der Waals surface area contributed by atoms with Crippen LogP contribution < -0.4 is 14.0 Å². The maximum Gasteiger partial charge on any atom is 0.347 e. The van der Waals surface area contributed by atoms with Crippen LogP contribution >= 0.6 is 22.7 Å². The number of rotatable bonds is 5. The molecule has 4 nitrogen and oxygen atoms in total. The molecule has 6 heteroatoms. The van der Waals surface area contributed by atoms with Crippen molar-refractivity contribution in [1.29, 1.82) is 5.26 Å². The maximum absolute atomic E-state index is 11.3. The van der Waals surface area contributed by atoms with E-state index in [0.717, 1.165) is 36.2 Å². The average molecular weight is 555 g/mol. The second-order valence-electron chi connectivity index (χ2n) is 9.10. The van der Waals surface area contributed by atoms with E-state index < -0.39 is 5.97 Å². The van der Waals surface area contributed by atoms with E-state index in [2.05, 4.69) is 108 Å². The molecular weight excluding hydrogens is 533 g/mol. The molecule has 0 aliphatic rings. The third-order valence-corrected chi connectivity index (χ3v) is 8.84. The van der Waals surface area contributed by atoms with E-state index in [9.17, 15) is 9.90 Å². The molecule has 6 rings (SSSR count). The molecule has 0 radical (unpaired) electrons. The molecule has 192 valence electrons. The van der Waals surface area contributed by atoms with E-state index in [4.69, 9.17) is 5.26 Å². The van der Waals surface area contributed by atoms with E-state index in [1.165, 1.54) is 22.1 Å². The number of fused-ring (bicyclic) bond motifs is 1. The van der Waals surface area contributed by atoms with Crippen LogP contribution in [-0.2, 0) is 4.79 Å². The van der Waals surface area contributed by atoms with Crippen LogP contribution in [0.1, 0.15) is 5.56 Å². The SMILES string of the molecule is N#C/C(C(=O)O)=c1\cc/c(=c2\cc/c(=C/c3ccc(N(c4ccccc4)c4ccc5ccccc5c4)cc3)s2)s1. The fourth-order valence-electron chi connectivity index (χ4n) is 4.60. The van der Waals surface area contributed by atoms with Crippen molar-refractivity contribution in [3.63, 3.8) is 0 Å². The zero-order chi connectivity index (χ0) is 27.5. The molecule has 0 aliphatic carbocycles. The van der Waals surface area contributed by atoms with Crippen molar-refractivity contribution in [3.05, 3.63) is 145 Å². The van der Waals surface area contributed by atoms with Crippen LogP contribution in [0.3, 0.4) is 0 Å². The largest absolute Gasteiger partial charge is 0.477 e. The molecule has 2 heterocycles. The van der Waals surface area contributed by atoms with Crippen LogP contribution in [0.5, 0.6) is 0 Å². The van der Waals surface area contributed by atoms with Crippen LogP contribution in [0.15, 0.2) is 121 Å². The molecule has 0 fully saturated rings. The van der Waals surface area contributed by atoms with E-state index in [1.54, 1.807) is 23.5 Å². The number of para-hydroxylation sites is 1. The second kappa shape index (κ2) is 11.0. The lowest BCUT2D eigenvalue weighted by Gasteiger charge is -2.26. The van der Waals surface area contributed by atoms with Gasteiger partial charge in [0.25, 0.3) is 0 Å². The van der Waals surface area contributed by atoms with Gasteiger partial charge in [0.05, 0.1) is 4.53 Å². The molecule has 0 spiro atoms. The number of nitrogens with zero attached hydrogens (tertiary/aromatic N) is 2. The van der Waals surface area contributed by atoms with Crippen LogP contribution in [-0.4, -0.2) is 11.1 Å². The summed E-state index contributed by atoms with van der Waals surface area (Å²) in [6.45, 7) is 0. The minimum Gasteiger partial charge on any atom is -0.477 e. The first-order valence-electron chi connectivity index (χ1n) is 12.6. The van der Waals surface area contributed by atoms with Gasteiger partial charge in [-0.15, -0.1) is 22.7 Å². The Labute approximate surface area is 238 Å². The highest BCUT2D eigenvalue weighted by molar-refractivity contribution is 7.11. The Morgan fingerprint density at radius 3 is 2.10 bits per heavy atom. The third-order valence-electron chi connectivity index (χ3n) is 6.51. The summed E-state index contributed by atoms with van der Waals surface area (Å²) in [5.41, 5.74) is 4.11. The lowest BCUT2D eigenvalue weighted by molar-refractivity contribution is -0.130. The lowest BCUT2D eigenvalue weighted by atomic mass is 10.1. The zero-order valence-electron chi connectivity index (χ0n) is 21.2. The standard InChI is InChI=1S/C34H22N2O2S2/c35-22-30(34(37)38)31-18-19-33(40-31)32-17-16-29(39-32)20-23-10-13-27(14-11-23)36(26-8-2-1-3-9-26)28-15-12-24-6-4-5-7-25(24)21-28/h1-21H,(H,37,38)/b29-20-,31-30-,33-32-. The number of aliphatic carboxylic acids is 1. The Kier molecular flexibility index (Phi) is 6.98. The van der Waals surface area contributed by atoms with E-state index in [1.807, 2.05) is 18.2 Å². The lowest BCUT2D eigenvalue weighted by Crippen LogP contribution is -2.09. The van der Waals surface area contributed by atoms with Gasteiger partial charge in [-0.1, -0.05) is 60.7 Å². The number of hydrogen-bond acceptors (Lipinski definition) is 5. The Bertz CT molecular complexity index is 2110. The molecule has 0 atom stereocenters. The van der Waals surface area contributed by atoms with Gasteiger partial charge in [-0.05, 0) is 83.1 Å². The van der Waals surface area contributed by atoms with Gasteiger partial charge in [0.1, 0.15) is 6.07 Å². The Hall–Kier alpha value is -4.96. The van der Waals surface area contributed by atoms with E-state index >= 15 is 0 Å². The first kappa shape index (κ1) is 25.3. The number of carboxylic acids is 1. The fourth-order valence-corrected chi connectivity index (χ4v) is 6.65. The zero-order valence-corrected chi connectivity index (χ0v) is 22.8. The molecule has 40 heavy (non-hydrogen) atoms. The van der Waals surface area contributed by atoms with Crippen LogP contribution in [0.2, 0.25) is 0 Å². The van der Waals surface area contributed by atoms with Crippen molar-refractivity contribution in [2.24, 2.45) is 0 Å². The minimum absolute atomic E-state index is 0.229. The highest BCUT2D eigenvalue weighted by Crippen LogP contribution is 2.36. The predicted molar refractivity (Wildman–Crippen MR) is 164 cm³/mol. The first-order chi connectivity index (χ1) is 19.6. The molecule has 0 amide bonds. The predicted octanol–water partition coefficient (Wildman–Crippen LogP) is 7.31. The van der Waals surface area contributed by atoms with Crippen LogP contribution in [0.25, 0.3) is 22.4 Å². The van der Waals surface area contributed by atoms with Gasteiger partial charge in [0, 0.05) is 30.7 Å². The second-order valence-corrected chi connectivity index (χ2v) is 11.3. The maximum atomic E-state index is 11.3. The molecule has 0 aliphatic heterocycles. The van der Waals surface area contributed by atoms with Crippen molar-refractivity contribution in [1.82, 2.24) is 0 Å². The molecule has 0 unspecified atom stereocenters. The normalized spacial score (nSPS) is 13.1. The summed E-state index contributed by atoms with van der Waals surface area (Å²) in [4.78, 5) is 13.6. The van der Waals surface area contributed by atoms with Crippen LogP contribution in [0, 0.1) is 20.4 Å². The highest BCUT2D eigenvalue weighted by Gasteiger charge is 2.12. The quantitative estimate of drug-likeness (QED) is 0.243. The Morgan fingerprint density at radius 1 is 0.700 bits per heavy atom. The molecule has 6 aromatic rings. The van der Waals surface area contributed by atoms with Gasteiger partial charge in [0.2, 0.25) is 0 Å². The number of anilines is 3. The fraction of sp³-hybridized carbons (Fsp3) is 0. The summed E-state index contributed by atoms with van der Waals surface area (Å²) in [5.74, 6) is -1.20. The molecule has 4 aromatic carbocycles.